The number of alkyl halides is 1. The van der Waals surface area contributed by atoms with Crippen molar-refractivity contribution in [1.29, 1.82) is 0 Å². The molecule has 1 saturated heterocycles. The molecule has 0 radical (unpaired) electrons. The zero-order chi connectivity index (χ0) is 18.0. The highest BCUT2D eigenvalue weighted by Crippen LogP contribution is 2.37. The van der Waals surface area contributed by atoms with E-state index in [9.17, 15) is 19.4 Å². The fourth-order valence-corrected chi connectivity index (χ4v) is 3.05. The minimum Gasteiger partial charge on any atom is -0.473 e. The van der Waals surface area contributed by atoms with Gasteiger partial charge < -0.3 is 24.8 Å². The first-order chi connectivity index (χ1) is 11.9. The van der Waals surface area contributed by atoms with Gasteiger partial charge in [-0.25, -0.2) is 9.18 Å². The lowest BCUT2D eigenvalue weighted by atomic mass is 10.1. The number of aliphatic hydroxyl groups is 3. The molecular weight excluding hydrogens is 335 g/mol. The smallest absolute Gasteiger partial charge is 0.353 e. The van der Waals surface area contributed by atoms with Crippen molar-refractivity contribution in [2.24, 2.45) is 0 Å². The molecule has 3 rings (SSSR count). The molecule has 2 aliphatic rings. The monoisotopic (exact) mass is 356 g/mol. The van der Waals surface area contributed by atoms with Gasteiger partial charge in [0.05, 0.1) is 0 Å². The van der Waals surface area contributed by atoms with E-state index in [0.717, 1.165) is 17.4 Å². The summed E-state index contributed by atoms with van der Waals surface area (Å²) in [4.78, 5) is 15.8. The molecule has 2 heterocycles. The molecule has 0 spiro atoms. The molecule has 0 unspecified atom stereocenters. The summed E-state index contributed by atoms with van der Waals surface area (Å²) in [5.41, 5.74) is 0.498. The van der Waals surface area contributed by atoms with Crippen molar-refractivity contribution in [1.82, 2.24) is 9.55 Å². The number of rotatable bonds is 5. The molecule has 1 aromatic heterocycles. The highest BCUT2D eigenvalue weighted by Gasteiger charge is 2.55. The van der Waals surface area contributed by atoms with E-state index in [1.807, 2.05) is 6.08 Å². The molecule has 8 nitrogen and oxygen atoms in total. The lowest BCUT2D eigenvalue weighted by Crippen LogP contribution is -2.42. The van der Waals surface area contributed by atoms with Crippen molar-refractivity contribution in [3.8, 4) is 5.88 Å². The van der Waals surface area contributed by atoms with Gasteiger partial charge in [-0.1, -0.05) is 5.57 Å². The molecule has 4 atom stereocenters. The molecule has 0 bridgehead atoms. The Morgan fingerprint density at radius 2 is 2.16 bits per heavy atom. The predicted molar refractivity (Wildman–Crippen MR) is 83.6 cm³/mol. The standard InChI is InChI=1S/C16H21FN2O6/c17-16(9-20)13(22)12(21)14(25-16)19-7-5-11(18-15(19)23)24-8-6-10-3-1-2-4-10/h5-7,12-14,20-22H,1-4,8-9H2/t12-,13+,14-,16-/m1/s1. The average Bonchev–Trinajstić information content (AvgIpc) is 3.19. The van der Waals surface area contributed by atoms with Crippen LogP contribution in [0.5, 0.6) is 5.88 Å². The summed E-state index contributed by atoms with van der Waals surface area (Å²) in [6, 6.07) is 1.38. The molecule has 1 aromatic rings. The van der Waals surface area contributed by atoms with E-state index < -0.39 is 36.6 Å². The number of halogens is 1. The van der Waals surface area contributed by atoms with Crippen LogP contribution >= 0.6 is 0 Å². The number of allylic oxidation sites excluding steroid dienone is 1. The van der Waals surface area contributed by atoms with Gasteiger partial charge in [0.25, 0.3) is 5.85 Å². The average molecular weight is 356 g/mol. The number of hydrogen-bond acceptors (Lipinski definition) is 7. The van der Waals surface area contributed by atoms with Crippen molar-refractivity contribution in [2.75, 3.05) is 13.2 Å². The van der Waals surface area contributed by atoms with E-state index in [1.165, 1.54) is 30.7 Å². The van der Waals surface area contributed by atoms with E-state index in [-0.39, 0.29) is 5.88 Å². The van der Waals surface area contributed by atoms with Gasteiger partial charge in [-0.15, -0.1) is 0 Å². The van der Waals surface area contributed by atoms with Gasteiger partial charge >= 0.3 is 5.69 Å². The maximum atomic E-state index is 14.1. The molecule has 1 aliphatic carbocycles. The Morgan fingerprint density at radius 1 is 1.44 bits per heavy atom. The molecule has 3 N–H and O–H groups in total. The van der Waals surface area contributed by atoms with Crippen molar-refractivity contribution in [3.05, 3.63) is 34.4 Å². The third-order valence-corrected chi connectivity index (χ3v) is 4.52. The second-order valence-electron chi connectivity index (χ2n) is 6.22. The lowest BCUT2D eigenvalue weighted by Gasteiger charge is -2.19. The van der Waals surface area contributed by atoms with Gasteiger partial charge in [-0.2, -0.15) is 4.98 Å². The Bertz CT molecular complexity index is 700. The van der Waals surface area contributed by atoms with Crippen molar-refractivity contribution >= 4 is 0 Å². The van der Waals surface area contributed by atoms with Crippen molar-refractivity contribution in [3.63, 3.8) is 0 Å². The molecule has 1 aliphatic heterocycles. The number of ether oxygens (including phenoxy) is 2. The normalized spacial score (nSPS) is 32.2. The first-order valence-electron chi connectivity index (χ1n) is 8.18. The summed E-state index contributed by atoms with van der Waals surface area (Å²) in [5, 5.41) is 28.5. The molecule has 0 amide bonds. The summed E-state index contributed by atoms with van der Waals surface area (Å²) >= 11 is 0. The van der Waals surface area contributed by atoms with Gasteiger partial charge in [0.2, 0.25) is 5.88 Å². The van der Waals surface area contributed by atoms with Crippen LogP contribution in [-0.2, 0) is 4.74 Å². The third kappa shape index (κ3) is 3.59. The van der Waals surface area contributed by atoms with Crippen LogP contribution in [0.1, 0.15) is 31.9 Å². The molecule has 2 fully saturated rings. The third-order valence-electron chi connectivity index (χ3n) is 4.52. The first-order valence-corrected chi connectivity index (χ1v) is 8.18. The molecule has 138 valence electrons. The summed E-state index contributed by atoms with van der Waals surface area (Å²) in [5.74, 6) is -2.75. The van der Waals surface area contributed by atoms with E-state index in [4.69, 9.17) is 14.6 Å². The Morgan fingerprint density at radius 3 is 2.76 bits per heavy atom. The summed E-state index contributed by atoms with van der Waals surface area (Å²) in [6.07, 6.45) is 2.48. The Hall–Kier alpha value is -1.81. The highest BCUT2D eigenvalue weighted by molar-refractivity contribution is 5.10. The maximum Gasteiger partial charge on any atom is 0.353 e. The largest absolute Gasteiger partial charge is 0.473 e. The van der Waals surface area contributed by atoms with Gasteiger partial charge in [0.15, 0.2) is 6.23 Å². The lowest BCUT2D eigenvalue weighted by molar-refractivity contribution is -0.207. The minimum atomic E-state index is -2.84. The van der Waals surface area contributed by atoms with Crippen LogP contribution in [0.4, 0.5) is 4.39 Å². The quantitative estimate of drug-likeness (QED) is 0.638. The fraction of sp³-hybridized carbons (Fsp3) is 0.625. The molecule has 1 saturated carbocycles. The molecule has 9 heteroatoms. The van der Waals surface area contributed by atoms with E-state index in [1.54, 1.807) is 0 Å². The van der Waals surface area contributed by atoms with E-state index >= 15 is 0 Å². The number of nitrogens with zero attached hydrogens (tertiary/aromatic N) is 2. The number of aliphatic hydroxyl groups excluding tert-OH is 3. The van der Waals surface area contributed by atoms with Crippen molar-refractivity contribution < 1.29 is 29.2 Å². The highest BCUT2D eigenvalue weighted by atomic mass is 19.2. The first kappa shape index (κ1) is 18.0. The zero-order valence-corrected chi connectivity index (χ0v) is 13.5. The van der Waals surface area contributed by atoms with E-state index in [0.29, 0.717) is 6.61 Å². The van der Waals surface area contributed by atoms with Crippen LogP contribution in [0.3, 0.4) is 0 Å². The summed E-state index contributed by atoms with van der Waals surface area (Å²) in [7, 11) is 0. The number of hydrogen-bond donors (Lipinski definition) is 3. The van der Waals surface area contributed by atoms with Crippen LogP contribution < -0.4 is 10.4 Å². The van der Waals surface area contributed by atoms with Crippen molar-refractivity contribution in [2.45, 2.75) is 50.0 Å². The minimum absolute atomic E-state index is 0.0952. The summed E-state index contributed by atoms with van der Waals surface area (Å²) in [6.45, 7) is -0.856. The Kier molecular flexibility index (Phi) is 5.19. The van der Waals surface area contributed by atoms with Crippen LogP contribution in [-0.4, -0.2) is 56.1 Å². The van der Waals surface area contributed by atoms with Gasteiger partial charge in [0.1, 0.15) is 25.4 Å². The second-order valence-corrected chi connectivity index (χ2v) is 6.22. The van der Waals surface area contributed by atoms with Gasteiger partial charge in [-0.05, 0) is 31.8 Å². The van der Waals surface area contributed by atoms with Crippen LogP contribution in [0.2, 0.25) is 0 Å². The Balaban J connectivity index is 1.70. The fourth-order valence-electron chi connectivity index (χ4n) is 3.05. The summed E-state index contributed by atoms with van der Waals surface area (Å²) < 4.78 is 25.2. The topological polar surface area (TPSA) is 114 Å². The van der Waals surface area contributed by atoms with Gasteiger partial charge in [-0.3, -0.25) is 4.57 Å². The number of aromatic nitrogens is 2. The van der Waals surface area contributed by atoms with Crippen LogP contribution in [0.25, 0.3) is 0 Å². The molecule has 0 aromatic carbocycles. The Labute approximate surface area is 143 Å². The zero-order valence-electron chi connectivity index (χ0n) is 13.5. The van der Waals surface area contributed by atoms with E-state index in [2.05, 4.69) is 4.98 Å². The van der Waals surface area contributed by atoms with Crippen LogP contribution in [0, 0.1) is 0 Å². The second kappa shape index (κ2) is 7.20. The van der Waals surface area contributed by atoms with Gasteiger partial charge in [0, 0.05) is 12.3 Å². The predicted octanol–water partition coefficient (Wildman–Crippen LogP) is 0.0312. The molecule has 25 heavy (non-hydrogen) atoms. The molecular formula is C16H21FN2O6. The maximum absolute atomic E-state index is 14.1. The SMILES string of the molecule is O=c1nc(OCC=C2CCCC2)ccn1[C@@H]1O[C@](F)(CO)[C@@H](O)[C@H]1O. The van der Waals surface area contributed by atoms with Crippen LogP contribution in [0.15, 0.2) is 28.7 Å².